The second-order valence-electron chi connectivity index (χ2n) is 7.36. The van der Waals surface area contributed by atoms with Crippen LogP contribution in [0.2, 0.25) is 0 Å². The molecule has 0 N–H and O–H groups in total. The molecule has 2 aromatic rings. The Morgan fingerprint density at radius 1 is 0.926 bits per heavy atom. The van der Waals surface area contributed by atoms with Crippen molar-refractivity contribution in [2.24, 2.45) is 10.9 Å². The maximum absolute atomic E-state index is 5.82. The third kappa shape index (κ3) is 5.82. The van der Waals surface area contributed by atoms with E-state index in [0.29, 0.717) is 5.92 Å². The van der Waals surface area contributed by atoms with Crippen LogP contribution >= 0.6 is 0 Å². The standard InChI is InChI=1S/C25H31NO/c1-3-5-6-7-22-18-26-25(27-19-22)17-12-21-10-15-24(16-11-21)23-13-8-20(4-2)9-14-23/h8-17,22H,3-7,18-19H2,1-2H3. The number of rotatable bonds is 8. The van der Waals surface area contributed by atoms with Crippen LogP contribution in [0.25, 0.3) is 17.2 Å². The van der Waals surface area contributed by atoms with Gasteiger partial charge in [0, 0.05) is 18.5 Å². The zero-order valence-electron chi connectivity index (χ0n) is 16.7. The number of unbranched alkanes of at least 4 members (excludes halogenated alkanes) is 2. The lowest BCUT2D eigenvalue weighted by Gasteiger charge is -2.20. The Balaban J connectivity index is 1.55. The predicted molar refractivity (Wildman–Crippen MR) is 116 cm³/mol. The van der Waals surface area contributed by atoms with Gasteiger partial charge >= 0.3 is 0 Å². The van der Waals surface area contributed by atoms with Crippen molar-refractivity contribution >= 4 is 12.0 Å². The van der Waals surface area contributed by atoms with Crippen molar-refractivity contribution in [3.05, 3.63) is 65.7 Å². The third-order valence-electron chi connectivity index (χ3n) is 5.21. The molecule has 1 atom stereocenters. The lowest BCUT2D eigenvalue weighted by Crippen LogP contribution is -2.22. The van der Waals surface area contributed by atoms with Gasteiger partial charge in [0.2, 0.25) is 5.90 Å². The summed E-state index contributed by atoms with van der Waals surface area (Å²) >= 11 is 0. The van der Waals surface area contributed by atoms with Crippen LogP contribution in [-0.4, -0.2) is 19.0 Å². The van der Waals surface area contributed by atoms with E-state index in [1.807, 2.05) is 6.08 Å². The summed E-state index contributed by atoms with van der Waals surface area (Å²) in [4.78, 5) is 4.59. The van der Waals surface area contributed by atoms with Gasteiger partial charge in [0.25, 0.3) is 0 Å². The minimum absolute atomic E-state index is 0.590. The minimum atomic E-state index is 0.590. The van der Waals surface area contributed by atoms with Crippen molar-refractivity contribution in [3.8, 4) is 11.1 Å². The highest BCUT2D eigenvalue weighted by Crippen LogP contribution is 2.21. The molecule has 2 aromatic carbocycles. The first-order valence-electron chi connectivity index (χ1n) is 10.3. The molecule has 0 aliphatic carbocycles. The molecule has 0 amide bonds. The highest BCUT2D eigenvalue weighted by atomic mass is 16.5. The van der Waals surface area contributed by atoms with E-state index < -0.39 is 0 Å². The fourth-order valence-electron chi connectivity index (χ4n) is 3.37. The summed E-state index contributed by atoms with van der Waals surface area (Å²) < 4.78 is 5.82. The number of nitrogens with zero attached hydrogens (tertiary/aromatic N) is 1. The molecule has 3 rings (SSSR count). The van der Waals surface area contributed by atoms with Crippen LogP contribution in [-0.2, 0) is 11.2 Å². The molecule has 1 unspecified atom stereocenters. The van der Waals surface area contributed by atoms with Gasteiger partial charge in [-0.1, -0.05) is 81.6 Å². The molecule has 0 spiro atoms. The Bertz CT molecular complexity index is 756. The zero-order chi connectivity index (χ0) is 18.9. The van der Waals surface area contributed by atoms with Crippen LogP contribution in [0, 0.1) is 5.92 Å². The van der Waals surface area contributed by atoms with Gasteiger partial charge in [-0.15, -0.1) is 0 Å². The van der Waals surface area contributed by atoms with E-state index in [1.54, 1.807) is 0 Å². The first-order chi connectivity index (χ1) is 13.3. The number of benzene rings is 2. The molecule has 142 valence electrons. The molecule has 2 heteroatoms. The van der Waals surface area contributed by atoms with E-state index in [4.69, 9.17) is 4.74 Å². The molecule has 0 aromatic heterocycles. The summed E-state index contributed by atoms with van der Waals surface area (Å²) in [6.45, 7) is 6.13. The number of aryl methyl sites for hydroxylation is 1. The molecule has 27 heavy (non-hydrogen) atoms. The van der Waals surface area contributed by atoms with Crippen LogP contribution < -0.4 is 0 Å². The maximum Gasteiger partial charge on any atom is 0.208 e. The largest absolute Gasteiger partial charge is 0.478 e. The molecular weight excluding hydrogens is 330 g/mol. The van der Waals surface area contributed by atoms with E-state index in [-0.39, 0.29) is 0 Å². The first-order valence-corrected chi connectivity index (χ1v) is 10.3. The average molecular weight is 362 g/mol. The van der Waals surface area contributed by atoms with Crippen LogP contribution in [0.1, 0.15) is 50.7 Å². The third-order valence-corrected chi connectivity index (χ3v) is 5.21. The summed E-state index contributed by atoms with van der Waals surface area (Å²) in [7, 11) is 0. The van der Waals surface area contributed by atoms with Gasteiger partial charge in [-0.05, 0) is 41.2 Å². The second kappa shape index (κ2) is 10.1. The van der Waals surface area contributed by atoms with Gasteiger partial charge in [-0.25, -0.2) is 0 Å². The second-order valence-corrected chi connectivity index (χ2v) is 7.36. The molecular formula is C25H31NO. The van der Waals surface area contributed by atoms with Gasteiger partial charge in [0.1, 0.15) is 0 Å². The van der Waals surface area contributed by atoms with E-state index in [0.717, 1.165) is 25.5 Å². The molecule has 0 bridgehead atoms. The van der Waals surface area contributed by atoms with Gasteiger partial charge in [0.05, 0.1) is 6.61 Å². The van der Waals surface area contributed by atoms with Crippen molar-refractivity contribution in [2.75, 3.05) is 13.2 Å². The van der Waals surface area contributed by atoms with Crippen molar-refractivity contribution in [1.82, 2.24) is 0 Å². The molecule has 2 nitrogen and oxygen atoms in total. The molecule has 1 aliphatic heterocycles. The van der Waals surface area contributed by atoms with Gasteiger partial charge < -0.3 is 4.74 Å². The fourth-order valence-corrected chi connectivity index (χ4v) is 3.37. The van der Waals surface area contributed by atoms with Crippen LogP contribution in [0.5, 0.6) is 0 Å². The van der Waals surface area contributed by atoms with Crippen LogP contribution in [0.15, 0.2) is 59.6 Å². The van der Waals surface area contributed by atoms with Crippen molar-refractivity contribution in [2.45, 2.75) is 46.0 Å². The quantitative estimate of drug-likeness (QED) is 0.488. The topological polar surface area (TPSA) is 21.6 Å². The Morgan fingerprint density at radius 2 is 1.63 bits per heavy atom. The zero-order valence-corrected chi connectivity index (χ0v) is 16.7. The van der Waals surface area contributed by atoms with E-state index in [1.165, 1.54) is 47.9 Å². The molecule has 0 saturated heterocycles. The molecule has 1 aliphatic rings. The Labute approximate surface area is 164 Å². The van der Waals surface area contributed by atoms with E-state index in [2.05, 4.69) is 73.4 Å². The van der Waals surface area contributed by atoms with Crippen molar-refractivity contribution < 1.29 is 4.74 Å². The number of hydrogen-bond donors (Lipinski definition) is 0. The van der Waals surface area contributed by atoms with E-state index >= 15 is 0 Å². The van der Waals surface area contributed by atoms with Gasteiger partial charge in [-0.3, -0.25) is 4.99 Å². The van der Waals surface area contributed by atoms with Crippen LogP contribution in [0.4, 0.5) is 0 Å². The Morgan fingerprint density at radius 3 is 2.22 bits per heavy atom. The van der Waals surface area contributed by atoms with Gasteiger partial charge in [-0.2, -0.15) is 0 Å². The highest BCUT2D eigenvalue weighted by molar-refractivity contribution is 5.92. The molecule has 0 fully saturated rings. The normalized spacial score (nSPS) is 17.0. The van der Waals surface area contributed by atoms with Crippen LogP contribution in [0.3, 0.4) is 0 Å². The molecule has 1 heterocycles. The summed E-state index contributed by atoms with van der Waals surface area (Å²) in [5, 5.41) is 0. The maximum atomic E-state index is 5.82. The Hall–Kier alpha value is -2.35. The number of aliphatic imine (C=N–C) groups is 1. The number of ether oxygens (including phenoxy) is 1. The first kappa shape index (κ1) is 19.4. The summed E-state index contributed by atoms with van der Waals surface area (Å²) in [5.74, 6) is 1.35. The fraction of sp³-hybridized carbons (Fsp3) is 0.400. The summed E-state index contributed by atoms with van der Waals surface area (Å²) in [6.07, 6.45) is 10.3. The highest BCUT2D eigenvalue weighted by Gasteiger charge is 2.14. The smallest absolute Gasteiger partial charge is 0.208 e. The monoisotopic (exact) mass is 361 g/mol. The predicted octanol–water partition coefficient (Wildman–Crippen LogP) is 6.55. The lowest BCUT2D eigenvalue weighted by molar-refractivity contribution is 0.212. The van der Waals surface area contributed by atoms with Crippen molar-refractivity contribution in [1.29, 1.82) is 0 Å². The number of hydrogen-bond acceptors (Lipinski definition) is 2. The summed E-state index contributed by atoms with van der Waals surface area (Å²) in [6, 6.07) is 17.5. The SMILES string of the molecule is CCCCCC1CN=C(C=Cc2ccc(-c3ccc(CC)cc3)cc2)OC1. The Kier molecular flexibility index (Phi) is 7.27. The molecule has 0 saturated carbocycles. The minimum Gasteiger partial charge on any atom is -0.478 e. The lowest BCUT2D eigenvalue weighted by atomic mass is 10.0. The molecule has 0 radical (unpaired) electrons. The van der Waals surface area contributed by atoms with Gasteiger partial charge in [0.15, 0.2) is 0 Å². The average Bonchev–Trinajstić information content (AvgIpc) is 2.74. The van der Waals surface area contributed by atoms with E-state index in [9.17, 15) is 0 Å². The summed E-state index contributed by atoms with van der Waals surface area (Å²) in [5.41, 5.74) is 5.05. The van der Waals surface area contributed by atoms with Crippen molar-refractivity contribution in [3.63, 3.8) is 0 Å².